The molecule has 0 fully saturated rings. The lowest BCUT2D eigenvalue weighted by Crippen LogP contribution is -1.94. The number of hydrogen-bond acceptors (Lipinski definition) is 5. The molecule has 0 saturated heterocycles. The van der Waals surface area contributed by atoms with Crippen LogP contribution in [-0.2, 0) is 0 Å². The van der Waals surface area contributed by atoms with Crippen molar-refractivity contribution in [3.63, 3.8) is 0 Å². The molecule has 0 bridgehead atoms. The molecule has 0 aliphatic heterocycles. The zero-order valence-corrected chi connectivity index (χ0v) is 9.94. The minimum Gasteiger partial charge on any atom is -0.496 e. The van der Waals surface area contributed by atoms with E-state index in [1.807, 2.05) is 28.1 Å². The Kier molecular flexibility index (Phi) is 2.22. The van der Waals surface area contributed by atoms with Gasteiger partial charge in [-0.1, -0.05) is 0 Å². The van der Waals surface area contributed by atoms with Gasteiger partial charge in [0.05, 0.1) is 12.7 Å². The van der Waals surface area contributed by atoms with Gasteiger partial charge in [0.2, 0.25) is 4.96 Å². The van der Waals surface area contributed by atoms with Gasteiger partial charge in [0.1, 0.15) is 5.75 Å². The van der Waals surface area contributed by atoms with Gasteiger partial charge in [0.25, 0.3) is 0 Å². The Hall–Kier alpha value is -2.08. The van der Waals surface area contributed by atoms with Crippen molar-refractivity contribution in [2.45, 2.75) is 0 Å². The standard InChI is InChI=1S/C11H10N4OS/c1-16-9-3-2-7(12)6-8(9)10-13-14-11-15(10)4-5-17-11/h2-6H,12H2,1H3. The summed E-state index contributed by atoms with van der Waals surface area (Å²) in [4.78, 5) is 0.851. The fraction of sp³-hybridized carbons (Fsp3) is 0.0909. The third kappa shape index (κ3) is 1.53. The minimum absolute atomic E-state index is 0.674. The number of ether oxygens (including phenoxy) is 1. The molecule has 3 rings (SSSR count). The zero-order chi connectivity index (χ0) is 11.8. The Labute approximate surface area is 101 Å². The first-order valence-electron chi connectivity index (χ1n) is 5.01. The molecule has 17 heavy (non-hydrogen) atoms. The highest BCUT2D eigenvalue weighted by molar-refractivity contribution is 7.15. The normalized spacial score (nSPS) is 10.9. The predicted molar refractivity (Wildman–Crippen MR) is 67.3 cm³/mol. The molecular formula is C11H10N4OS. The second-order valence-corrected chi connectivity index (χ2v) is 4.41. The monoisotopic (exact) mass is 246 g/mol. The smallest absolute Gasteiger partial charge is 0.216 e. The van der Waals surface area contributed by atoms with Crippen LogP contribution in [0.4, 0.5) is 5.69 Å². The second-order valence-electron chi connectivity index (χ2n) is 3.54. The van der Waals surface area contributed by atoms with E-state index in [4.69, 9.17) is 10.5 Å². The van der Waals surface area contributed by atoms with E-state index in [9.17, 15) is 0 Å². The highest BCUT2D eigenvalue weighted by Crippen LogP contribution is 2.31. The Morgan fingerprint density at radius 3 is 3.06 bits per heavy atom. The predicted octanol–water partition coefficient (Wildman–Crippen LogP) is 2.05. The zero-order valence-electron chi connectivity index (χ0n) is 9.12. The lowest BCUT2D eigenvalue weighted by atomic mass is 10.1. The number of nitrogens with zero attached hydrogens (tertiary/aromatic N) is 3. The van der Waals surface area contributed by atoms with Crippen LogP contribution < -0.4 is 10.5 Å². The van der Waals surface area contributed by atoms with Crippen LogP contribution in [0.1, 0.15) is 0 Å². The van der Waals surface area contributed by atoms with Crippen molar-refractivity contribution < 1.29 is 4.74 Å². The maximum absolute atomic E-state index is 5.80. The first-order chi connectivity index (χ1) is 8.29. The topological polar surface area (TPSA) is 65.4 Å². The van der Waals surface area contributed by atoms with Crippen molar-refractivity contribution in [3.05, 3.63) is 29.8 Å². The number of aromatic nitrogens is 3. The fourth-order valence-corrected chi connectivity index (χ4v) is 2.38. The van der Waals surface area contributed by atoms with Crippen LogP contribution in [-0.4, -0.2) is 21.7 Å². The summed E-state index contributed by atoms with van der Waals surface area (Å²) < 4.78 is 7.23. The van der Waals surface area contributed by atoms with E-state index >= 15 is 0 Å². The lowest BCUT2D eigenvalue weighted by Gasteiger charge is -2.07. The Morgan fingerprint density at radius 1 is 1.35 bits per heavy atom. The molecule has 0 aliphatic carbocycles. The fourth-order valence-electron chi connectivity index (χ4n) is 1.73. The molecule has 2 heterocycles. The van der Waals surface area contributed by atoms with E-state index in [1.165, 1.54) is 11.3 Å². The van der Waals surface area contributed by atoms with Gasteiger partial charge in [-0.2, -0.15) is 0 Å². The van der Waals surface area contributed by atoms with Crippen LogP contribution in [0.15, 0.2) is 29.8 Å². The van der Waals surface area contributed by atoms with Crippen molar-refractivity contribution in [3.8, 4) is 17.1 Å². The van der Waals surface area contributed by atoms with Crippen LogP contribution in [0.5, 0.6) is 5.75 Å². The molecule has 0 spiro atoms. The third-order valence-electron chi connectivity index (χ3n) is 2.51. The van der Waals surface area contributed by atoms with Gasteiger partial charge in [0.15, 0.2) is 5.82 Å². The average molecular weight is 246 g/mol. The van der Waals surface area contributed by atoms with Crippen molar-refractivity contribution in [2.24, 2.45) is 0 Å². The van der Waals surface area contributed by atoms with Crippen LogP contribution in [0.25, 0.3) is 16.3 Å². The maximum Gasteiger partial charge on any atom is 0.216 e. The Bertz CT molecular complexity index is 673. The molecule has 2 aromatic heterocycles. The Balaban J connectivity index is 2.28. The number of benzene rings is 1. The summed E-state index contributed by atoms with van der Waals surface area (Å²) in [6.45, 7) is 0. The first kappa shape index (κ1) is 10.1. The maximum atomic E-state index is 5.80. The molecule has 0 aliphatic rings. The molecule has 86 valence electrons. The number of anilines is 1. The molecule has 5 nitrogen and oxygen atoms in total. The van der Waals surface area contributed by atoms with E-state index in [-0.39, 0.29) is 0 Å². The summed E-state index contributed by atoms with van der Waals surface area (Å²) in [5.74, 6) is 1.48. The minimum atomic E-state index is 0.674. The van der Waals surface area contributed by atoms with Gasteiger partial charge < -0.3 is 10.5 Å². The van der Waals surface area contributed by atoms with Gasteiger partial charge in [-0.25, -0.2) is 0 Å². The summed E-state index contributed by atoms with van der Waals surface area (Å²) >= 11 is 1.54. The van der Waals surface area contributed by atoms with E-state index in [1.54, 1.807) is 13.2 Å². The average Bonchev–Trinajstić information content (AvgIpc) is 2.90. The van der Waals surface area contributed by atoms with Gasteiger partial charge in [-0.05, 0) is 18.2 Å². The highest BCUT2D eigenvalue weighted by Gasteiger charge is 2.13. The van der Waals surface area contributed by atoms with Crippen LogP contribution in [0, 0.1) is 0 Å². The van der Waals surface area contributed by atoms with Crippen LogP contribution >= 0.6 is 11.3 Å². The number of thiazole rings is 1. The van der Waals surface area contributed by atoms with Crippen molar-refractivity contribution in [2.75, 3.05) is 12.8 Å². The molecule has 0 atom stereocenters. The quantitative estimate of drug-likeness (QED) is 0.703. The third-order valence-corrected chi connectivity index (χ3v) is 3.26. The van der Waals surface area contributed by atoms with E-state index in [0.717, 1.165) is 22.1 Å². The summed E-state index contributed by atoms with van der Waals surface area (Å²) in [5, 5.41) is 10.2. The number of nitrogens with two attached hydrogens (primary N) is 1. The summed E-state index contributed by atoms with van der Waals surface area (Å²) in [7, 11) is 1.63. The van der Waals surface area contributed by atoms with Crippen molar-refractivity contribution in [1.82, 2.24) is 14.6 Å². The van der Waals surface area contributed by atoms with Gasteiger partial charge in [-0.3, -0.25) is 4.40 Å². The molecule has 1 aromatic carbocycles. The van der Waals surface area contributed by atoms with E-state index in [2.05, 4.69) is 10.2 Å². The van der Waals surface area contributed by atoms with Crippen LogP contribution in [0.3, 0.4) is 0 Å². The summed E-state index contributed by atoms with van der Waals surface area (Å²) in [6.07, 6.45) is 1.93. The highest BCUT2D eigenvalue weighted by atomic mass is 32.1. The van der Waals surface area contributed by atoms with E-state index in [0.29, 0.717) is 5.69 Å². The lowest BCUT2D eigenvalue weighted by molar-refractivity contribution is 0.416. The Morgan fingerprint density at radius 2 is 2.24 bits per heavy atom. The molecule has 6 heteroatoms. The molecule has 0 amide bonds. The molecule has 3 aromatic rings. The number of rotatable bonds is 2. The van der Waals surface area contributed by atoms with Gasteiger partial charge >= 0.3 is 0 Å². The molecule has 2 N–H and O–H groups in total. The molecular weight excluding hydrogens is 236 g/mol. The number of nitrogen functional groups attached to an aromatic ring is 1. The SMILES string of the molecule is COc1ccc(N)cc1-c1nnc2sccn12. The van der Waals surface area contributed by atoms with Gasteiger partial charge in [-0.15, -0.1) is 21.5 Å². The first-order valence-corrected chi connectivity index (χ1v) is 5.89. The van der Waals surface area contributed by atoms with E-state index < -0.39 is 0 Å². The van der Waals surface area contributed by atoms with Crippen molar-refractivity contribution in [1.29, 1.82) is 0 Å². The molecule has 0 radical (unpaired) electrons. The summed E-state index contributed by atoms with van der Waals surface area (Å²) in [6, 6.07) is 5.47. The summed E-state index contributed by atoms with van der Waals surface area (Å²) in [5.41, 5.74) is 7.32. The largest absolute Gasteiger partial charge is 0.496 e. The number of fused-ring (bicyclic) bond motifs is 1. The second kappa shape index (κ2) is 3.74. The number of hydrogen-bond donors (Lipinski definition) is 1. The van der Waals surface area contributed by atoms with Crippen molar-refractivity contribution >= 4 is 22.0 Å². The molecule has 0 unspecified atom stereocenters. The van der Waals surface area contributed by atoms with Gasteiger partial charge in [0, 0.05) is 17.3 Å². The number of methoxy groups -OCH3 is 1. The molecule has 0 saturated carbocycles. The van der Waals surface area contributed by atoms with Crippen LogP contribution in [0.2, 0.25) is 0 Å².